The van der Waals surface area contributed by atoms with Gasteiger partial charge in [0, 0.05) is 24.4 Å². The molecule has 3 rings (SSSR count). The van der Waals surface area contributed by atoms with E-state index in [0.717, 1.165) is 23.4 Å². The van der Waals surface area contributed by atoms with Crippen LogP contribution < -0.4 is 5.32 Å². The van der Waals surface area contributed by atoms with Crippen LogP contribution in [0.3, 0.4) is 0 Å². The summed E-state index contributed by atoms with van der Waals surface area (Å²) in [7, 11) is 0. The number of likely N-dealkylation sites (tertiary alicyclic amines) is 1. The fourth-order valence-corrected chi connectivity index (χ4v) is 3.12. The van der Waals surface area contributed by atoms with Gasteiger partial charge in [0.05, 0.1) is 12.6 Å². The van der Waals surface area contributed by atoms with Crippen LogP contribution in [0.25, 0.3) is 0 Å². The van der Waals surface area contributed by atoms with Gasteiger partial charge in [-0.25, -0.2) is 0 Å². The van der Waals surface area contributed by atoms with Crippen molar-refractivity contribution < 1.29 is 4.79 Å². The molecule has 1 amide bonds. The van der Waals surface area contributed by atoms with E-state index >= 15 is 0 Å². The molecule has 1 fully saturated rings. The lowest BCUT2D eigenvalue weighted by atomic mass is 9.96. The van der Waals surface area contributed by atoms with Gasteiger partial charge in [-0.2, -0.15) is 0 Å². The fourth-order valence-electron chi connectivity index (χ4n) is 3.12. The normalized spacial score (nSPS) is 21.2. The second kappa shape index (κ2) is 5.79. The Hall–Kier alpha value is -2.36. The number of rotatable bonds is 3. The number of nitrogens with one attached hydrogen (secondary N) is 1. The summed E-state index contributed by atoms with van der Waals surface area (Å²) < 4.78 is 0. The van der Waals surface area contributed by atoms with E-state index in [4.69, 9.17) is 0 Å². The molecule has 4 nitrogen and oxygen atoms in total. The first-order valence-corrected chi connectivity index (χ1v) is 7.61. The van der Waals surface area contributed by atoms with Gasteiger partial charge in [-0.15, -0.1) is 6.58 Å². The van der Waals surface area contributed by atoms with E-state index in [1.165, 1.54) is 5.56 Å². The van der Waals surface area contributed by atoms with Gasteiger partial charge < -0.3 is 10.2 Å². The van der Waals surface area contributed by atoms with Crippen molar-refractivity contribution in [2.45, 2.75) is 19.9 Å². The number of nitrogens with zero attached hydrogens (tertiary/aromatic N) is 2. The molecule has 2 aliphatic rings. The van der Waals surface area contributed by atoms with Gasteiger partial charge in [0.15, 0.2) is 0 Å². The summed E-state index contributed by atoms with van der Waals surface area (Å²) in [6.45, 7) is 9.81. The van der Waals surface area contributed by atoms with Gasteiger partial charge >= 0.3 is 0 Å². The van der Waals surface area contributed by atoms with Crippen LogP contribution in [0.1, 0.15) is 24.1 Å². The van der Waals surface area contributed by atoms with Crippen molar-refractivity contribution in [3.63, 3.8) is 0 Å². The first kappa shape index (κ1) is 14.6. The van der Waals surface area contributed by atoms with Crippen molar-refractivity contribution in [3.05, 3.63) is 59.3 Å². The predicted molar refractivity (Wildman–Crippen MR) is 88.8 cm³/mol. The lowest BCUT2D eigenvalue weighted by Gasteiger charge is -2.25. The Morgan fingerprint density at radius 2 is 2.09 bits per heavy atom. The van der Waals surface area contributed by atoms with Crippen LogP contribution in [0.2, 0.25) is 0 Å². The highest BCUT2D eigenvalue weighted by atomic mass is 16.2. The number of carbonyl (C=O) groups is 1. The Bertz CT molecular complexity index is 670. The zero-order valence-corrected chi connectivity index (χ0v) is 13.1. The first-order valence-electron chi connectivity index (χ1n) is 7.61. The highest BCUT2D eigenvalue weighted by Gasteiger charge is 2.42. The smallest absolute Gasteiger partial charge is 0.273 e. The maximum atomic E-state index is 12.8. The Kier molecular flexibility index (Phi) is 3.84. The molecule has 114 valence electrons. The van der Waals surface area contributed by atoms with Crippen LogP contribution in [0.5, 0.6) is 0 Å². The third-order valence-corrected chi connectivity index (χ3v) is 4.20. The maximum Gasteiger partial charge on any atom is 0.273 e. The quantitative estimate of drug-likeness (QED) is 0.870. The van der Waals surface area contributed by atoms with Gasteiger partial charge in [0.2, 0.25) is 0 Å². The lowest BCUT2D eigenvalue weighted by Crippen LogP contribution is -2.30. The van der Waals surface area contributed by atoms with Crippen LogP contribution >= 0.6 is 0 Å². The van der Waals surface area contributed by atoms with Gasteiger partial charge in [-0.3, -0.25) is 9.79 Å². The molecule has 22 heavy (non-hydrogen) atoms. The van der Waals surface area contributed by atoms with E-state index in [2.05, 4.69) is 48.1 Å². The number of amides is 1. The molecule has 2 heterocycles. The van der Waals surface area contributed by atoms with Crippen molar-refractivity contribution in [3.8, 4) is 0 Å². The topological polar surface area (TPSA) is 44.7 Å². The molecule has 0 spiro atoms. The largest absolute Gasteiger partial charge is 0.386 e. The molecule has 1 N–H and O–H groups in total. The van der Waals surface area contributed by atoms with Crippen LogP contribution in [0.4, 0.5) is 0 Å². The minimum absolute atomic E-state index is 0.00326. The number of hydrogen-bond donors (Lipinski definition) is 1. The molecule has 0 aliphatic carbocycles. The molecule has 0 radical (unpaired) electrons. The van der Waals surface area contributed by atoms with Gasteiger partial charge in [-0.05, 0) is 19.4 Å². The number of aliphatic imine (C=N–C) groups is 1. The van der Waals surface area contributed by atoms with Crippen LogP contribution in [0.15, 0.2) is 53.2 Å². The minimum Gasteiger partial charge on any atom is -0.386 e. The second-order valence-corrected chi connectivity index (χ2v) is 5.76. The monoisotopic (exact) mass is 295 g/mol. The molecular weight excluding hydrogens is 274 g/mol. The summed E-state index contributed by atoms with van der Waals surface area (Å²) in [4.78, 5) is 19.1. The molecule has 0 aromatic heterocycles. The van der Waals surface area contributed by atoms with Crippen molar-refractivity contribution in [2.24, 2.45) is 4.99 Å². The highest BCUT2D eigenvalue weighted by molar-refractivity contribution is 6.48. The zero-order valence-electron chi connectivity index (χ0n) is 13.1. The number of aryl methyl sites for hydroxylation is 1. The molecule has 2 aliphatic heterocycles. The van der Waals surface area contributed by atoms with E-state index in [0.29, 0.717) is 18.8 Å². The summed E-state index contributed by atoms with van der Waals surface area (Å²) in [6.07, 6.45) is 1.77. The predicted octanol–water partition coefficient (Wildman–Crippen LogP) is 2.38. The fraction of sp³-hybridized carbons (Fsp3) is 0.333. The average Bonchev–Trinajstić information content (AvgIpc) is 2.66. The Balaban J connectivity index is 2.15. The molecule has 0 bridgehead atoms. The maximum absolute atomic E-state index is 12.8. The summed E-state index contributed by atoms with van der Waals surface area (Å²) in [6, 6.07) is 8.27. The molecule has 0 saturated carbocycles. The van der Waals surface area contributed by atoms with E-state index in [1.54, 1.807) is 6.08 Å². The van der Waals surface area contributed by atoms with E-state index in [-0.39, 0.29) is 11.9 Å². The van der Waals surface area contributed by atoms with Crippen molar-refractivity contribution in [1.82, 2.24) is 10.2 Å². The number of hydrogen-bond acceptors (Lipinski definition) is 3. The Labute approximate surface area is 131 Å². The summed E-state index contributed by atoms with van der Waals surface area (Å²) >= 11 is 0. The average molecular weight is 295 g/mol. The summed E-state index contributed by atoms with van der Waals surface area (Å²) in [5, 5.41) is 3.37. The van der Waals surface area contributed by atoms with E-state index in [9.17, 15) is 4.79 Å². The molecule has 1 unspecified atom stereocenters. The van der Waals surface area contributed by atoms with E-state index in [1.807, 2.05) is 11.8 Å². The molecule has 1 atom stereocenters. The molecule has 4 heteroatoms. The van der Waals surface area contributed by atoms with Crippen LogP contribution in [-0.4, -0.2) is 36.2 Å². The highest BCUT2D eigenvalue weighted by Crippen LogP contribution is 2.38. The SMILES string of the molecule is C=CCN1C(=O)C2=NCCNC(C)=C2C1c1ccc(C)cc1. The Morgan fingerprint density at radius 1 is 1.36 bits per heavy atom. The van der Waals surface area contributed by atoms with Crippen molar-refractivity contribution in [1.29, 1.82) is 0 Å². The second-order valence-electron chi connectivity index (χ2n) is 5.76. The molecular formula is C18H21N3O. The standard InChI is InChI=1S/C18H21N3O/c1-4-11-21-17(14-7-5-12(2)6-8-14)15-13(3)19-9-10-20-16(15)18(21)22/h4-8,17,19H,1,9-11H2,2-3H3. The third kappa shape index (κ3) is 2.34. The molecule has 1 aromatic rings. The van der Waals surface area contributed by atoms with Gasteiger partial charge in [-0.1, -0.05) is 35.9 Å². The number of carbonyl (C=O) groups excluding carboxylic acids is 1. The van der Waals surface area contributed by atoms with Crippen molar-refractivity contribution in [2.75, 3.05) is 19.6 Å². The Morgan fingerprint density at radius 3 is 2.77 bits per heavy atom. The number of allylic oxidation sites excluding steroid dienone is 1. The first-order chi connectivity index (χ1) is 10.6. The number of fused-ring (bicyclic) bond motifs is 1. The minimum atomic E-state index is -0.0875. The zero-order chi connectivity index (χ0) is 15.7. The van der Waals surface area contributed by atoms with Crippen LogP contribution in [0, 0.1) is 6.92 Å². The third-order valence-electron chi connectivity index (χ3n) is 4.20. The number of benzene rings is 1. The van der Waals surface area contributed by atoms with Crippen molar-refractivity contribution >= 4 is 11.6 Å². The van der Waals surface area contributed by atoms with Gasteiger partial charge in [0.25, 0.3) is 5.91 Å². The van der Waals surface area contributed by atoms with Crippen LogP contribution in [-0.2, 0) is 4.79 Å². The summed E-state index contributed by atoms with van der Waals surface area (Å²) in [5.74, 6) is 0.00326. The lowest BCUT2D eigenvalue weighted by molar-refractivity contribution is -0.123. The summed E-state index contributed by atoms with van der Waals surface area (Å²) in [5.41, 5.74) is 4.98. The molecule has 1 saturated heterocycles. The van der Waals surface area contributed by atoms with E-state index < -0.39 is 0 Å². The molecule has 1 aromatic carbocycles. The van der Waals surface area contributed by atoms with Gasteiger partial charge in [0.1, 0.15) is 5.71 Å².